The molecule has 0 unspecified atom stereocenters. The van der Waals surface area contributed by atoms with Crippen molar-refractivity contribution >= 4 is 34.8 Å². The fourth-order valence-corrected chi connectivity index (χ4v) is 2.19. The highest BCUT2D eigenvalue weighted by Crippen LogP contribution is 2.24. The molecule has 0 fully saturated rings. The lowest BCUT2D eigenvalue weighted by molar-refractivity contribution is -0.120. The number of carbonyl (C=O) groups is 2. The highest BCUT2D eigenvalue weighted by molar-refractivity contribution is 6.31. The van der Waals surface area contributed by atoms with E-state index in [2.05, 4.69) is 5.32 Å². The number of benzene rings is 2. The van der Waals surface area contributed by atoms with Crippen LogP contribution in [0.5, 0.6) is 0 Å². The first-order chi connectivity index (χ1) is 11.3. The van der Waals surface area contributed by atoms with Crippen LogP contribution in [-0.4, -0.2) is 18.4 Å². The standard InChI is InChI=1S/C16H12ClF3N2O2/c1-9(23)22(16-13(19)3-2-4-14(16)20)8-15(24)21-10-5-6-12(18)11(17)7-10/h2-7H,8H2,1H3,(H,21,24). The number of anilines is 2. The predicted octanol–water partition coefficient (Wildman–Crippen LogP) is 3.75. The first kappa shape index (κ1) is 17.8. The Hall–Kier alpha value is -2.54. The molecule has 0 atom stereocenters. The second kappa shape index (κ2) is 7.35. The first-order valence-electron chi connectivity index (χ1n) is 6.76. The lowest BCUT2D eigenvalue weighted by atomic mass is 10.2. The van der Waals surface area contributed by atoms with Crippen LogP contribution in [-0.2, 0) is 9.59 Å². The molecule has 0 heterocycles. The van der Waals surface area contributed by atoms with Crippen LogP contribution in [0.25, 0.3) is 0 Å². The maximum absolute atomic E-state index is 13.8. The Morgan fingerprint density at radius 3 is 2.25 bits per heavy atom. The average Bonchev–Trinajstić information content (AvgIpc) is 2.49. The maximum Gasteiger partial charge on any atom is 0.244 e. The lowest BCUT2D eigenvalue weighted by Crippen LogP contribution is -2.37. The molecule has 24 heavy (non-hydrogen) atoms. The summed E-state index contributed by atoms with van der Waals surface area (Å²) in [5, 5.41) is 2.18. The minimum atomic E-state index is -0.970. The van der Waals surface area contributed by atoms with Crippen molar-refractivity contribution in [2.75, 3.05) is 16.8 Å². The molecule has 2 rings (SSSR count). The molecule has 1 N–H and O–H groups in total. The highest BCUT2D eigenvalue weighted by atomic mass is 35.5. The zero-order valence-corrected chi connectivity index (χ0v) is 13.2. The minimum absolute atomic E-state index is 0.184. The first-order valence-corrected chi connectivity index (χ1v) is 7.14. The van der Waals surface area contributed by atoms with Gasteiger partial charge in [0.2, 0.25) is 11.8 Å². The van der Waals surface area contributed by atoms with Crippen molar-refractivity contribution in [2.45, 2.75) is 6.92 Å². The molecular weight excluding hydrogens is 345 g/mol. The number of hydrogen-bond donors (Lipinski definition) is 1. The van der Waals surface area contributed by atoms with Gasteiger partial charge in [0.25, 0.3) is 0 Å². The molecule has 2 amide bonds. The van der Waals surface area contributed by atoms with Gasteiger partial charge in [0.15, 0.2) is 0 Å². The molecule has 126 valence electrons. The molecule has 0 spiro atoms. The number of halogens is 4. The van der Waals surface area contributed by atoms with E-state index in [9.17, 15) is 22.8 Å². The van der Waals surface area contributed by atoms with Gasteiger partial charge in [0.1, 0.15) is 29.7 Å². The van der Waals surface area contributed by atoms with Gasteiger partial charge in [-0.1, -0.05) is 17.7 Å². The Balaban J connectivity index is 2.20. The van der Waals surface area contributed by atoms with Crippen molar-refractivity contribution in [3.63, 3.8) is 0 Å². The van der Waals surface area contributed by atoms with Crippen molar-refractivity contribution in [1.82, 2.24) is 0 Å². The lowest BCUT2D eigenvalue weighted by Gasteiger charge is -2.21. The molecule has 4 nitrogen and oxygen atoms in total. The van der Waals surface area contributed by atoms with Crippen molar-refractivity contribution in [2.24, 2.45) is 0 Å². The largest absolute Gasteiger partial charge is 0.324 e. The summed E-state index contributed by atoms with van der Waals surface area (Å²) < 4.78 is 40.7. The van der Waals surface area contributed by atoms with E-state index in [1.165, 1.54) is 12.1 Å². The SMILES string of the molecule is CC(=O)N(CC(=O)Nc1ccc(F)c(Cl)c1)c1c(F)cccc1F. The van der Waals surface area contributed by atoms with E-state index in [0.717, 1.165) is 31.2 Å². The van der Waals surface area contributed by atoms with E-state index in [-0.39, 0.29) is 10.7 Å². The van der Waals surface area contributed by atoms with Crippen LogP contribution in [0.4, 0.5) is 24.5 Å². The fourth-order valence-electron chi connectivity index (χ4n) is 2.01. The van der Waals surface area contributed by atoms with Gasteiger partial charge in [-0.25, -0.2) is 13.2 Å². The minimum Gasteiger partial charge on any atom is -0.324 e. The van der Waals surface area contributed by atoms with E-state index in [0.29, 0.717) is 4.90 Å². The average molecular weight is 357 g/mol. The van der Waals surface area contributed by atoms with E-state index in [1.807, 2.05) is 0 Å². The highest BCUT2D eigenvalue weighted by Gasteiger charge is 2.22. The van der Waals surface area contributed by atoms with E-state index in [1.54, 1.807) is 0 Å². The molecular formula is C16H12ClF3N2O2. The Morgan fingerprint density at radius 2 is 1.71 bits per heavy atom. The van der Waals surface area contributed by atoms with Crippen LogP contribution in [0.1, 0.15) is 6.92 Å². The summed E-state index contributed by atoms with van der Waals surface area (Å²) in [6.07, 6.45) is 0. The van der Waals surface area contributed by atoms with Crippen LogP contribution in [0.3, 0.4) is 0 Å². The van der Waals surface area contributed by atoms with Gasteiger partial charge in [0.05, 0.1) is 5.02 Å². The molecule has 0 bridgehead atoms. The topological polar surface area (TPSA) is 49.4 Å². The van der Waals surface area contributed by atoms with Crippen molar-refractivity contribution in [1.29, 1.82) is 0 Å². The Kier molecular flexibility index (Phi) is 5.46. The molecule has 8 heteroatoms. The van der Waals surface area contributed by atoms with Crippen LogP contribution in [0.2, 0.25) is 5.02 Å². The third kappa shape index (κ3) is 4.05. The smallest absolute Gasteiger partial charge is 0.244 e. The number of hydrogen-bond acceptors (Lipinski definition) is 2. The summed E-state index contributed by atoms with van der Waals surface area (Å²) in [4.78, 5) is 24.4. The molecule has 2 aromatic rings. The summed E-state index contributed by atoms with van der Waals surface area (Å²) in [6, 6.07) is 6.60. The van der Waals surface area contributed by atoms with Gasteiger partial charge in [-0.05, 0) is 30.3 Å². The van der Waals surface area contributed by atoms with Crippen LogP contribution >= 0.6 is 11.6 Å². The molecule has 2 aromatic carbocycles. The van der Waals surface area contributed by atoms with Gasteiger partial charge in [0, 0.05) is 12.6 Å². The molecule has 0 aliphatic heterocycles. The third-order valence-electron chi connectivity index (χ3n) is 3.09. The summed E-state index contributed by atoms with van der Waals surface area (Å²) >= 11 is 5.60. The van der Waals surface area contributed by atoms with E-state index < -0.39 is 41.5 Å². The van der Waals surface area contributed by atoms with Gasteiger partial charge >= 0.3 is 0 Å². The molecule has 0 aliphatic rings. The van der Waals surface area contributed by atoms with Crippen molar-refractivity contribution in [3.05, 3.63) is 58.9 Å². The van der Waals surface area contributed by atoms with Crippen LogP contribution in [0, 0.1) is 17.5 Å². The monoisotopic (exact) mass is 356 g/mol. The van der Waals surface area contributed by atoms with Gasteiger partial charge in [-0.15, -0.1) is 0 Å². The van der Waals surface area contributed by atoms with Crippen LogP contribution < -0.4 is 10.2 Å². The Morgan fingerprint density at radius 1 is 1.08 bits per heavy atom. The van der Waals surface area contributed by atoms with E-state index in [4.69, 9.17) is 11.6 Å². The summed E-state index contributed by atoms with van der Waals surface area (Å²) in [5.41, 5.74) is -0.429. The Labute approximate surface area is 140 Å². The van der Waals surface area contributed by atoms with Crippen molar-refractivity contribution in [3.8, 4) is 0 Å². The fraction of sp³-hybridized carbons (Fsp3) is 0.125. The van der Waals surface area contributed by atoms with Crippen LogP contribution in [0.15, 0.2) is 36.4 Å². The number of nitrogens with zero attached hydrogens (tertiary/aromatic N) is 1. The van der Waals surface area contributed by atoms with E-state index >= 15 is 0 Å². The number of rotatable bonds is 4. The van der Waals surface area contributed by atoms with Crippen molar-refractivity contribution < 1.29 is 22.8 Å². The van der Waals surface area contributed by atoms with Gasteiger partial charge in [-0.2, -0.15) is 0 Å². The molecule has 0 aromatic heterocycles. The number of para-hydroxylation sites is 1. The number of carbonyl (C=O) groups excluding carboxylic acids is 2. The quantitative estimate of drug-likeness (QED) is 0.907. The molecule has 0 aliphatic carbocycles. The zero-order valence-electron chi connectivity index (χ0n) is 12.4. The van der Waals surface area contributed by atoms with Gasteiger partial charge < -0.3 is 5.32 Å². The third-order valence-corrected chi connectivity index (χ3v) is 3.38. The molecule has 0 saturated heterocycles. The number of amides is 2. The zero-order chi connectivity index (χ0) is 17.9. The Bertz CT molecular complexity index is 779. The van der Waals surface area contributed by atoms with Gasteiger partial charge in [-0.3, -0.25) is 14.5 Å². The summed E-state index contributed by atoms with van der Waals surface area (Å²) in [5.74, 6) is -4.04. The normalized spacial score (nSPS) is 10.4. The maximum atomic E-state index is 13.8. The number of nitrogens with one attached hydrogen (secondary N) is 1. The molecule has 0 saturated carbocycles. The second-order valence-corrected chi connectivity index (χ2v) is 5.26. The predicted molar refractivity (Wildman–Crippen MR) is 84.4 cm³/mol. The summed E-state index contributed by atoms with van der Waals surface area (Å²) in [7, 11) is 0. The molecule has 0 radical (unpaired) electrons. The second-order valence-electron chi connectivity index (χ2n) is 4.85. The summed E-state index contributed by atoms with van der Waals surface area (Å²) in [6.45, 7) is 0.454.